The van der Waals surface area contributed by atoms with E-state index >= 15 is 0 Å². The van der Waals surface area contributed by atoms with Gasteiger partial charge in [0.05, 0.1) is 5.92 Å². The van der Waals surface area contributed by atoms with E-state index in [2.05, 4.69) is 6.07 Å². The topological polar surface area (TPSA) is 54.4 Å². The Balaban J connectivity index is 2.23. The Hall–Kier alpha value is -1.29. The van der Waals surface area contributed by atoms with E-state index in [0.29, 0.717) is 5.75 Å². The van der Waals surface area contributed by atoms with Gasteiger partial charge in [0, 0.05) is 12.7 Å². The molecule has 1 aliphatic rings. The van der Waals surface area contributed by atoms with Crippen LogP contribution >= 0.6 is 11.8 Å². The summed E-state index contributed by atoms with van der Waals surface area (Å²) in [6.07, 6.45) is 2.95. The summed E-state index contributed by atoms with van der Waals surface area (Å²) < 4.78 is 0. The molecule has 1 N–H and O–H groups in total. The van der Waals surface area contributed by atoms with Crippen molar-refractivity contribution in [2.24, 2.45) is 5.92 Å². The molecular formula is C15H18O3S. The molecule has 0 saturated carbocycles. The van der Waals surface area contributed by atoms with Crippen LogP contribution in [-0.4, -0.2) is 21.9 Å². The zero-order chi connectivity index (χ0) is 13.8. The highest BCUT2D eigenvalue weighted by Crippen LogP contribution is 2.38. The van der Waals surface area contributed by atoms with E-state index in [9.17, 15) is 14.7 Å². The first-order valence-corrected chi connectivity index (χ1v) is 7.52. The molecular weight excluding hydrogens is 260 g/mol. The van der Waals surface area contributed by atoms with E-state index in [1.807, 2.05) is 18.2 Å². The fourth-order valence-electron chi connectivity index (χ4n) is 2.78. The number of carbonyl (C=O) groups is 2. The Morgan fingerprint density at radius 1 is 1.42 bits per heavy atom. The number of aryl methyl sites for hydroxylation is 1. The van der Waals surface area contributed by atoms with Gasteiger partial charge < -0.3 is 5.11 Å². The van der Waals surface area contributed by atoms with Gasteiger partial charge in [0.1, 0.15) is 0 Å². The fraction of sp³-hybridized carbons (Fsp3) is 0.467. The molecule has 0 fully saturated rings. The number of carboxylic acid groups (broad SMARTS) is 1. The highest BCUT2D eigenvalue weighted by atomic mass is 32.2. The molecule has 0 amide bonds. The number of fused-ring (bicyclic) bond motifs is 1. The molecule has 0 spiro atoms. The maximum atomic E-state index is 11.5. The molecule has 0 unspecified atom stereocenters. The second-order valence-corrected chi connectivity index (χ2v) is 6.14. The van der Waals surface area contributed by atoms with Gasteiger partial charge in [-0.25, -0.2) is 0 Å². The normalized spacial score (nSPS) is 19.5. The quantitative estimate of drug-likeness (QED) is 0.919. The van der Waals surface area contributed by atoms with Crippen LogP contribution in [0, 0.1) is 5.92 Å². The summed E-state index contributed by atoms with van der Waals surface area (Å²) in [6.45, 7) is 1.48. The van der Waals surface area contributed by atoms with E-state index < -0.39 is 11.9 Å². The van der Waals surface area contributed by atoms with Gasteiger partial charge in [-0.1, -0.05) is 36.0 Å². The molecule has 3 nitrogen and oxygen atoms in total. The molecule has 0 heterocycles. The van der Waals surface area contributed by atoms with Gasteiger partial charge in [0.2, 0.25) is 0 Å². The number of thioether (sulfide) groups is 1. The number of carboxylic acids is 1. The van der Waals surface area contributed by atoms with Crippen molar-refractivity contribution in [3.8, 4) is 0 Å². The van der Waals surface area contributed by atoms with E-state index in [4.69, 9.17) is 0 Å². The molecule has 0 aliphatic heterocycles. The zero-order valence-corrected chi connectivity index (χ0v) is 11.8. The van der Waals surface area contributed by atoms with Gasteiger partial charge in [0.25, 0.3) is 0 Å². The molecule has 19 heavy (non-hydrogen) atoms. The minimum atomic E-state index is -0.796. The van der Waals surface area contributed by atoms with Crippen LogP contribution in [-0.2, 0) is 16.0 Å². The SMILES string of the molecule is CC(=O)SC[C@H](C(=O)O)[C@H]1CCCc2ccccc21. The summed E-state index contributed by atoms with van der Waals surface area (Å²) in [5.74, 6) is -0.871. The third kappa shape index (κ3) is 3.38. The zero-order valence-electron chi connectivity index (χ0n) is 11.0. The van der Waals surface area contributed by atoms with E-state index in [1.165, 1.54) is 12.5 Å². The minimum Gasteiger partial charge on any atom is -0.481 e. The third-order valence-corrected chi connectivity index (χ3v) is 4.62. The second-order valence-electron chi connectivity index (χ2n) is 4.94. The fourth-order valence-corrected chi connectivity index (χ4v) is 3.57. The van der Waals surface area contributed by atoms with Gasteiger partial charge in [-0.2, -0.15) is 0 Å². The lowest BCUT2D eigenvalue weighted by Gasteiger charge is -2.29. The van der Waals surface area contributed by atoms with Crippen molar-refractivity contribution in [1.29, 1.82) is 0 Å². The number of hydrogen-bond acceptors (Lipinski definition) is 3. The average molecular weight is 278 g/mol. The van der Waals surface area contributed by atoms with Crippen LogP contribution in [0.15, 0.2) is 24.3 Å². The first kappa shape index (κ1) is 14.1. The lowest BCUT2D eigenvalue weighted by Crippen LogP contribution is -2.27. The van der Waals surface area contributed by atoms with Crippen LogP contribution in [0.25, 0.3) is 0 Å². The summed E-state index contributed by atoms with van der Waals surface area (Å²) in [4.78, 5) is 22.6. The van der Waals surface area contributed by atoms with Gasteiger partial charge in [0.15, 0.2) is 5.12 Å². The van der Waals surface area contributed by atoms with Crippen LogP contribution in [0.1, 0.15) is 36.8 Å². The van der Waals surface area contributed by atoms with Gasteiger partial charge in [-0.05, 0) is 36.3 Å². The molecule has 1 aromatic carbocycles. The highest BCUT2D eigenvalue weighted by Gasteiger charge is 2.32. The Morgan fingerprint density at radius 3 is 2.84 bits per heavy atom. The Bertz CT molecular complexity index is 484. The second kappa shape index (κ2) is 6.24. The Labute approximate surface area is 117 Å². The molecule has 1 aromatic rings. The van der Waals surface area contributed by atoms with Crippen LogP contribution in [0.4, 0.5) is 0 Å². The van der Waals surface area contributed by atoms with Crippen LogP contribution < -0.4 is 0 Å². The smallest absolute Gasteiger partial charge is 0.307 e. The van der Waals surface area contributed by atoms with Crippen LogP contribution in [0.3, 0.4) is 0 Å². The van der Waals surface area contributed by atoms with Gasteiger partial charge in [-0.15, -0.1) is 0 Å². The molecule has 1 aliphatic carbocycles. The largest absolute Gasteiger partial charge is 0.481 e. The van der Waals surface area contributed by atoms with Crippen molar-refractivity contribution in [3.05, 3.63) is 35.4 Å². The molecule has 4 heteroatoms. The monoisotopic (exact) mass is 278 g/mol. The lowest BCUT2D eigenvalue weighted by molar-refractivity contribution is -0.141. The van der Waals surface area contributed by atoms with Crippen molar-refractivity contribution in [2.45, 2.75) is 32.1 Å². The predicted molar refractivity (Wildman–Crippen MR) is 76.4 cm³/mol. The molecule has 0 radical (unpaired) electrons. The number of aliphatic carboxylic acids is 1. The maximum absolute atomic E-state index is 11.5. The van der Waals surface area contributed by atoms with Crippen molar-refractivity contribution < 1.29 is 14.7 Å². The highest BCUT2D eigenvalue weighted by molar-refractivity contribution is 8.13. The summed E-state index contributed by atoms with van der Waals surface area (Å²) in [5, 5.41) is 9.42. The summed E-state index contributed by atoms with van der Waals surface area (Å²) in [7, 11) is 0. The lowest BCUT2D eigenvalue weighted by atomic mass is 9.76. The first-order valence-electron chi connectivity index (χ1n) is 6.53. The predicted octanol–water partition coefficient (Wildman–Crippen LogP) is 3.09. The Morgan fingerprint density at radius 2 is 2.16 bits per heavy atom. The molecule has 102 valence electrons. The third-order valence-electron chi connectivity index (χ3n) is 3.68. The minimum absolute atomic E-state index is 0.0182. The summed E-state index contributed by atoms with van der Waals surface area (Å²) >= 11 is 1.12. The summed E-state index contributed by atoms with van der Waals surface area (Å²) in [6, 6.07) is 8.08. The number of benzene rings is 1. The molecule has 0 aromatic heterocycles. The first-order chi connectivity index (χ1) is 9.09. The van der Waals surface area contributed by atoms with Crippen LogP contribution in [0.5, 0.6) is 0 Å². The maximum Gasteiger partial charge on any atom is 0.307 e. The average Bonchev–Trinajstić information content (AvgIpc) is 2.38. The van der Waals surface area contributed by atoms with E-state index in [1.54, 1.807) is 0 Å². The van der Waals surface area contributed by atoms with E-state index in [0.717, 1.165) is 36.6 Å². The molecule has 0 bridgehead atoms. The van der Waals surface area contributed by atoms with Crippen molar-refractivity contribution >= 4 is 22.8 Å². The van der Waals surface area contributed by atoms with Gasteiger partial charge in [-0.3, -0.25) is 9.59 Å². The van der Waals surface area contributed by atoms with Crippen molar-refractivity contribution in [3.63, 3.8) is 0 Å². The Kier molecular flexibility index (Phi) is 4.64. The molecule has 0 saturated heterocycles. The van der Waals surface area contributed by atoms with E-state index in [-0.39, 0.29) is 11.0 Å². The van der Waals surface area contributed by atoms with Crippen LogP contribution in [0.2, 0.25) is 0 Å². The standard InChI is InChI=1S/C15H18O3S/c1-10(16)19-9-14(15(17)18)13-8-4-6-11-5-2-3-7-12(11)13/h2-3,5,7,13-14H,4,6,8-9H2,1H3,(H,17,18)/t13-,14-/m0/s1. The van der Waals surface area contributed by atoms with Gasteiger partial charge >= 0.3 is 5.97 Å². The summed E-state index contributed by atoms with van der Waals surface area (Å²) in [5.41, 5.74) is 2.42. The number of carbonyl (C=O) groups excluding carboxylic acids is 1. The molecule has 2 atom stereocenters. The number of rotatable bonds is 4. The number of hydrogen-bond donors (Lipinski definition) is 1. The van der Waals surface area contributed by atoms with Crippen molar-refractivity contribution in [2.75, 3.05) is 5.75 Å². The van der Waals surface area contributed by atoms with Crippen molar-refractivity contribution in [1.82, 2.24) is 0 Å². The molecule has 2 rings (SSSR count).